The maximum absolute atomic E-state index is 11.1. The lowest BCUT2D eigenvalue weighted by Gasteiger charge is -2.13. The van der Waals surface area contributed by atoms with Crippen molar-refractivity contribution in [1.82, 2.24) is 0 Å². The zero-order valence-electron chi connectivity index (χ0n) is 22.5. The molecule has 0 fully saturated rings. The van der Waals surface area contributed by atoms with Gasteiger partial charge >= 0.3 is 12.8 Å². The third-order valence-corrected chi connectivity index (χ3v) is 6.67. The van der Waals surface area contributed by atoms with E-state index >= 15 is 0 Å². The highest BCUT2D eigenvalue weighted by atomic mass is 32.2. The van der Waals surface area contributed by atoms with Crippen LogP contribution in [0.1, 0.15) is 55.4 Å². The molecule has 0 saturated carbocycles. The summed E-state index contributed by atoms with van der Waals surface area (Å²) in [7, 11) is -9.98. The number of fused-ring (bicyclic) bond motifs is 1. The fourth-order valence-electron chi connectivity index (χ4n) is 4.19. The van der Waals surface area contributed by atoms with Crippen LogP contribution in [0.2, 0.25) is 0 Å². The summed E-state index contributed by atoms with van der Waals surface area (Å²) >= 11 is 0. The third kappa shape index (κ3) is 11.8. The van der Waals surface area contributed by atoms with Gasteiger partial charge in [0.05, 0.1) is 11.3 Å². The lowest BCUT2D eigenvalue weighted by Crippen LogP contribution is -2.47. The smallest absolute Gasteiger partial charge is 0.418 e. The van der Waals surface area contributed by atoms with Gasteiger partial charge in [0.25, 0.3) is 10.1 Å². The summed E-state index contributed by atoms with van der Waals surface area (Å²) < 4.78 is 76.4. The number of halogens is 4. The summed E-state index contributed by atoms with van der Waals surface area (Å²) in [4.78, 5) is 0. The number of anilines is 1. The summed E-state index contributed by atoms with van der Waals surface area (Å²) in [5, 5.41) is 10.6. The highest BCUT2D eigenvalue weighted by molar-refractivity contribution is 7.85. The Hall–Kier alpha value is -3.38. The number of hydrogen-bond donors (Lipinski definition) is 3. The molecule has 0 aliphatic heterocycles. The molecule has 0 radical (unpaired) electrons. The number of para-hydroxylation sites is 1. The van der Waals surface area contributed by atoms with Crippen molar-refractivity contribution in [1.29, 1.82) is 0 Å². The number of nitrogens with one attached hydrogen (secondary N) is 1. The van der Waals surface area contributed by atoms with Crippen LogP contribution in [-0.4, -0.2) is 26.0 Å². The van der Waals surface area contributed by atoms with Crippen molar-refractivity contribution in [2.45, 2.75) is 52.4 Å². The molecule has 12 heteroatoms. The zero-order valence-corrected chi connectivity index (χ0v) is 23.4. The molecule has 0 atom stereocenters. The average Bonchev–Trinajstić information content (AvgIpc) is 2.85. The molecule has 4 N–H and O–H groups in total. The normalized spacial score (nSPS) is 12.2. The molecule has 0 amide bonds. The fourth-order valence-corrected chi connectivity index (χ4v) is 4.70. The second-order valence-electron chi connectivity index (χ2n) is 9.06. The van der Waals surface area contributed by atoms with E-state index in [0.29, 0.717) is 24.0 Å². The van der Waals surface area contributed by atoms with Crippen LogP contribution in [0.25, 0.3) is 17.0 Å². The summed E-state index contributed by atoms with van der Waals surface area (Å²) in [6.07, 6.45) is 12.5. The number of benzene rings is 2. The summed E-state index contributed by atoms with van der Waals surface area (Å²) in [5.74, 6) is -0.263. The molecule has 40 heavy (non-hydrogen) atoms. The average molecular weight is 582 g/mol. The quantitative estimate of drug-likeness (QED) is 0.109. The molecule has 0 bridgehead atoms. The van der Waals surface area contributed by atoms with Crippen molar-refractivity contribution in [3.05, 3.63) is 88.6 Å². The van der Waals surface area contributed by atoms with E-state index in [-0.39, 0.29) is 5.75 Å². The SMILES string of the molecule is CCCCc1cc(CCCS(=O)(=O)O)cc2oc(=[NH2+])c(CC)c(C=CC=CNc3ccccc3)c12.F[B-](F)(F)F. The van der Waals surface area contributed by atoms with Gasteiger partial charge in [0.2, 0.25) is 0 Å². The minimum atomic E-state index is -6.00. The molecule has 6 nitrogen and oxygen atoms in total. The zero-order chi connectivity index (χ0) is 29.8. The molecule has 0 aliphatic carbocycles. The second kappa shape index (κ2) is 15.4. The molecule has 1 aromatic heterocycles. The lowest BCUT2D eigenvalue weighted by molar-refractivity contribution is -0.198. The van der Waals surface area contributed by atoms with Crippen LogP contribution in [0, 0.1) is 0 Å². The first-order chi connectivity index (χ1) is 18.8. The molecule has 2 aromatic carbocycles. The molecule has 3 aromatic rings. The van der Waals surface area contributed by atoms with Gasteiger partial charge in [0.1, 0.15) is 5.58 Å². The standard InChI is InChI=1S/C28H34N2O4S.BF4/c1-3-5-13-22-19-21(12-11-18-35(31,32)33)20-26-27(22)25(24(4-2)28(29)34-26)16-9-10-17-30-23-14-7-6-8-15-23;2-1(3,4)5/h6-10,14-17,19-20,29-30H,3-5,11-13,18H2,1-2H3,(H,31,32,33);/q;-1/p+1. The molecular weight excluding hydrogens is 547 g/mol. The van der Waals surface area contributed by atoms with E-state index in [9.17, 15) is 25.7 Å². The van der Waals surface area contributed by atoms with Crippen LogP contribution in [0.4, 0.5) is 23.0 Å². The predicted molar refractivity (Wildman–Crippen MR) is 152 cm³/mol. The molecule has 0 unspecified atom stereocenters. The van der Waals surface area contributed by atoms with Gasteiger partial charge in [-0.3, -0.25) is 4.55 Å². The van der Waals surface area contributed by atoms with E-state index in [2.05, 4.69) is 31.3 Å². The van der Waals surface area contributed by atoms with Crippen molar-refractivity contribution < 1.29 is 40.1 Å². The molecule has 0 spiro atoms. The van der Waals surface area contributed by atoms with Gasteiger partial charge in [0.15, 0.2) is 0 Å². The van der Waals surface area contributed by atoms with Gasteiger partial charge in [-0.25, -0.2) is 5.41 Å². The summed E-state index contributed by atoms with van der Waals surface area (Å²) in [5.41, 5.74) is 6.25. The number of aryl methyl sites for hydroxylation is 2. The van der Waals surface area contributed by atoms with Gasteiger partial charge in [-0.1, -0.05) is 56.7 Å². The van der Waals surface area contributed by atoms with E-state index in [0.717, 1.165) is 59.0 Å². The summed E-state index contributed by atoms with van der Waals surface area (Å²) in [6.45, 7) is 4.22. The minimum Gasteiger partial charge on any atom is -0.418 e. The van der Waals surface area contributed by atoms with Gasteiger partial charge in [0, 0.05) is 17.3 Å². The van der Waals surface area contributed by atoms with E-state index in [1.54, 1.807) is 0 Å². The van der Waals surface area contributed by atoms with Crippen LogP contribution in [0.5, 0.6) is 0 Å². The largest absolute Gasteiger partial charge is 0.673 e. The molecule has 0 aliphatic rings. The van der Waals surface area contributed by atoms with Crippen LogP contribution in [0.15, 0.2) is 65.2 Å². The van der Waals surface area contributed by atoms with Crippen molar-refractivity contribution >= 4 is 40.1 Å². The Balaban J connectivity index is 0.00000103. The third-order valence-electron chi connectivity index (χ3n) is 5.87. The number of rotatable bonds is 12. The van der Waals surface area contributed by atoms with Gasteiger partial charge < -0.3 is 27.0 Å². The van der Waals surface area contributed by atoms with E-state index < -0.39 is 17.4 Å². The number of unbranched alkanes of at least 4 members (excludes halogenated alkanes) is 1. The van der Waals surface area contributed by atoms with Crippen molar-refractivity contribution in [2.24, 2.45) is 0 Å². The van der Waals surface area contributed by atoms with Crippen LogP contribution >= 0.6 is 0 Å². The first-order valence-electron chi connectivity index (χ1n) is 13.0. The van der Waals surface area contributed by atoms with E-state index in [1.165, 1.54) is 0 Å². The second-order valence-corrected chi connectivity index (χ2v) is 10.6. The fraction of sp³-hybridized carbons (Fsp3) is 0.321. The maximum Gasteiger partial charge on any atom is 0.673 e. The molecule has 1 heterocycles. The van der Waals surface area contributed by atoms with Crippen molar-refractivity contribution in [2.75, 3.05) is 11.1 Å². The molecule has 3 rings (SSSR count). The Morgan fingerprint density at radius 1 is 1.02 bits per heavy atom. The van der Waals surface area contributed by atoms with Crippen molar-refractivity contribution in [3.63, 3.8) is 0 Å². The Bertz CT molecular complexity index is 1470. The number of nitrogens with two attached hydrogens (primary N) is 1. The lowest BCUT2D eigenvalue weighted by atomic mass is 9.93. The van der Waals surface area contributed by atoms with Gasteiger partial charge in [-0.2, -0.15) is 8.42 Å². The van der Waals surface area contributed by atoms with Crippen LogP contribution in [0.3, 0.4) is 0 Å². The number of allylic oxidation sites excluding steroid dienone is 2. The van der Waals surface area contributed by atoms with Crippen LogP contribution < -0.4 is 16.3 Å². The topological polar surface area (TPSA) is 105 Å². The Labute approximate surface area is 232 Å². The predicted octanol–water partition coefficient (Wildman–Crippen LogP) is 5.76. The van der Waals surface area contributed by atoms with Gasteiger partial charge in [-0.05, 0) is 73.1 Å². The van der Waals surface area contributed by atoms with Crippen LogP contribution in [-0.2, 0) is 29.4 Å². The number of hydrogen-bond acceptors (Lipinski definition) is 4. The summed E-state index contributed by atoms with van der Waals surface area (Å²) in [6, 6.07) is 14.0. The van der Waals surface area contributed by atoms with Crippen molar-refractivity contribution in [3.8, 4) is 0 Å². The van der Waals surface area contributed by atoms with E-state index in [4.69, 9.17) is 14.4 Å². The minimum absolute atomic E-state index is 0.263. The monoisotopic (exact) mass is 582 g/mol. The first kappa shape index (κ1) is 32.8. The molecule has 218 valence electrons. The highest BCUT2D eigenvalue weighted by Crippen LogP contribution is 2.29. The van der Waals surface area contributed by atoms with E-state index in [1.807, 2.05) is 54.8 Å². The maximum atomic E-state index is 11.1. The Morgan fingerprint density at radius 3 is 2.30 bits per heavy atom. The van der Waals surface area contributed by atoms with Gasteiger partial charge in [-0.15, -0.1) is 0 Å². The Kier molecular flexibility index (Phi) is 12.7. The molecular formula is C28H35BF4N2O4S. The molecule has 0 saturated heterocycles. The highest BCUT2D eigenvalue weighted by Gasteiger charge is 2.20. The Morgan fingerprint density at radius 2 is 1.70 bits per heavy atom. The first-order valence-corrected chi connectivity index (χ1v) is 14.6.